The Kier molecular flexibility index (Phi) is 2.27. The number of nitrogens with two attached hydrogens (primary N) is 1. The van der Waals surface area contributed by atoms with Gasteiger partial charge >= 0.3 is 0 Å². The third-order valence-electron chi connectivity index (χ3n) is 1.97. The van der Waals surface area contributed by atoms with E-state index in [0.29, 0.717) is 5.92 Å². The summed E-state index contributed by atoms with van der Waals surface area (Å²) < 4.78 is 0. The molecule has 0 aromatic heterocycles. The Morgan fingerprint density at radius 1 is 1.60 bits per heavy atom. The molecule has 3 heteroatoms. The van der Waals surface area contributed by atoms with E-state index in [-0.39, 0.29) is 11.8 Å². The van der Waals surface area contributed by atoms with Crippen LogP contribution in [0.3, 0.4) is 0 Å². The van der Waals surface area contributed by atoms with Crippen molar-refractivity contribution in [3.63, 3.8) is 0 Å². The maximum absolute atomic E-state index is 10.7. The number of rotatable bonds is 1. The van der Waals surface area contributed by atoms with Crippen LogP contribution in [0.2, 0.25) is 0 Å². The molecular formula is C7H14N2O. The van der Waals surface area contributed by atoms with Crippen molar-refractivity contribution in [3.8, 4) is 0 Å². The average Bonchev–Trinajstić information content (AvgIpc) is 1.88. The van der Waals surface area contributed by atoms with Crippen LogP contribution in [0.25, 0.3) is 0 Å². The minimum Gasteiger partial charge on any atom is -0.369 e. The second kappa shape index (κ2) is 3.01. The first-order valence-corrected chi connectivity index (χ1v) is 3.70. The van der Waals surface area contributed by atoms with Crippen molar-refractivity contribution < 1.29 is 4.79 Å². The lowest BCUT2D eigenvalue weighted by atomic mass is 9.91. The van der Waals surface area contributed by atoms with Crippen LogP contribution in [0.4, 0.5) is 0 Å². The zero-order valence-corrected chi connectivity index (χ0v) is 6.26. The standard InChI is InChI=1S/C7H14N2O/c1-5-2-6(7(8)10)4-9-3-5/h5-6,9H,2-4H2,1H3,(H2,8,10). The highest BCUT2D eigenvalue weighted by atomic mass is 16.1. The Bertz CT molecular complexity index is 136. The largest absolute Gasteiger partial charge is 0.369 e. The molecule has 2 unspecified atom stereocenters. The minimum absolute atomic E-state index is 0.0590. The van der Waals surface area contributed by atoms with Crippen LogP contribution in [0.1, 0.15) is 13.3 Å². The summed E-state index contributed by atoms with van der Waals surface area (Å²) in [5.74, 6) is 0.481. The fourth-order valence-electron chi connectivity index (χ4n) is 1.37. The summed E-state index contributed by atoms with van der Waals surface area (Å²) in [6, 6.07) is 0. The molecule has 1 amide bonds. The molecular weight excluding hydrogens is 128 g/mol. The molecule has 10 heavy (non-hydrogen) atoms. The predicted octanol–water partition coefficient (Wildman–Crippen LogP) is -0.283. The molecule has 3 nitrogen and oxygen atoms in total. The number of hydrogen-bond donors (Lipinski definition) is 2. The normalized spacial score (nSPS) is 33.7. The highest BCUT2D eigenvalue weighted by Crippen LogP contribution is 2.14. The Morgan fingerprint density at radius 2 is 2.30 bits per heavy atom. The fourth-order valence-corrected chi connectivity index (χ4v) is 1.37. The molecule has 1 aliphatic heterocycles. The van der Waals surface area contributed by atoms with Crippen LogP contribution >= 0.6 is 0 Å². The first kappa shape index (κ1) is 7.54. The van der Waals surface area contributed by atoms with Crippen molar-refractivity contribution in [1.82, 2.24) is 5.32 Å². The summed E-state index contributed by atoms with van der Waals surface area (Å²) in [7, 11) is 0. The number of piperidine rings is 1. The van der Waals surface area contributed by atoms with Crippen LogP contribution in [-0.4, -0.2) is 19.0 Å². The molecule has 1 aliphatic rings. The van der Waals surface area contributed by atoms with Crippen LogP contribution in [0, 0.1) is 11.8 Å². The number of primary amides is 1. The minimum atomic E-state index is -0.168. The van der Waals surface area contributed by atoms with E-state index in [1.165, 1.54) is 0 Å². The molecule has 0 radical (unpaired) electrons. The van der Waals surface area contributed by atoms with Crippen molar-refractivity contribution in [2.45, 2.75) is 13.3 Å². The van der Waals surface area contributed by atoms with E-state index >= 15 is 0 Å². The lowest BCUT2D eigenvalue weighted by Gasteiger charge is -2.25. The van der Waals surface area contributed by atoms with Gasteiger partial charge in [0.1, 0.15) is 0 Å². The van der Waals surface area contributed by atoms with Gasteiger partial charge in [0, 0.05) is 6.54 Å². The molecule has 0 aliphatic carbocycles. The number of hydrogen-bond acceptors (Lipinski definition) is 2. The van der Waals surface area contributed by atoms with Crippen molar-refractivity contribution in [2.75, 3.05) is 13.1 Å². The monoisotopic (exact) mass is 142 g/mol. The maximum Gasteiger partial charge on any atom is 0.221 e. The predicted molar refractivity (Wildman–Crippen MR) is 39.3 cm³/mol. The van der Waals surface area contributed by atoms with Crippen molar-refractivity contribution in [2.24, 2.45) is 17.6 Å². The van der Waals surface area contributed by atoms with Crippen LogP contribution < -0.4 is 11.1 Å². The van der Waals surface area contributed by atoms with Crippen LogP contribution in [0.5, 0.6) is 0 Å². The molecule has 0 saturated carbocycles. The van der Waals surface area contributed by atoms with Gasteiger partial charge < -0.3 is 11.1 Å². The lowest BCUT2D eigenvalue weighted by molar-refractivity contribution is -0.122. The molecule has 3 N–H and O–H groups in total. The molecule has 0 aromatic carbocycles. The van der Waals surface area contributed by atoms with Crippen molar-refractivity contribution >= 4 is 5.91 Å². The SMILES string of the molecule is CC1CNCC(C(N)=O)C1. The number of nitrogens with one attached hydrogen (secondary N) is 1. The van der Waals surface area contributed by atoms with Gasteiger partial charge in [-0.15, -0.1) is 0 Å². The van der Waals surface area contributed by atoms with Gasteiger partial charge in [0.05, 0.1) is 5.92 Å². The third-order valence-corrected chi connectivity index (χ3v) is 1.97. The molecule has 2 atom stereocenters. The second-order valence-corrected chi connectivity index (χ2v) is 3.10. The summed E-state index contributed by atoms with van der Waals surface area (Å²) in [6.45, 7) is 3.91. The van der Waals surface area contributed by atoms with Crippen molar-refractivity contribution in [1.29, 1.82) is 0 Å². The highest BCUT2D eigenvalue weighted by Gasteiger charge is 2.22. The molecule has 0 bridgehead atoms. The molecule has 58 valence electrons. The first-order valence-electron chi connectivity index (χ1n) is 3.70. The van der Waals surface area contributed by atoms with Gasteiger partial charge in [-0.1, -0.05) is 6.92 Å². The van der Waals surface area contributed by atoms with E-state index in [9.17, 15) is 4.79 Å². The zero-order chi connectivity index (χ0) is 7.56. The Balaban J connectivity index is 2.39. The van der Waals surface area contributed by atoms with Gasteiger partial charge in [-0.05, 0) is 18.9 Å². The molecule has 1 fully saturated rings. The Labute approximate surface area is 61.0 Å². The smallest absolute Gasteiger partial charge is 0.221 e. The van der Waals surface area contributed by atoms with Gasteiger partial charge in [0.15, 0.2) is 0 Å². The van der Waals surface area contributed by atoms with E-state index < -0.39 is 0 Å². The molecule has 1 rings (SSSR count). The lowest BCUT2D eigenvalue weighted by Crippen LogP contribution is -2.41. The Morgan fingerprint density at radius 3 is 2.70 bits per heavy atom. The van der Waals surface area contributed by atoms with Gasteiger partial charge in [0.25, 0.3) is 0 Å². The molecule has 1 saturated heterocycles. The molecule has 0 aromatic rings. The van der Waals surface area contributed by atoms with Crippen LogP contribution in [0.15, 0.2) is 0 Å². The van der Waals surface area contributed by atoms with E-state index in [1.807, 2.05) is 0 Å². The fraction of sp³-hybridized carbons (Fsp3) is 0.857. The first-order chi connectivity index (χ1) is 4.70. The molecule has 1 heterocycles. The van der Waals surface area contributed by atoms with Gasteiger partial charge in [-0.2, -0.15) is 0 Å². The Hall–Kier alpha value is -0.570. The third kappa shape index (κ3) is 1.70. The number of carbonyl (C=O) groups excluding carboxylic acids is 1. The van der Waals surface area contributed by atoms with Gasteiger partial charge in [-0.3, -0.25) is 4.79 Å². The second-order valence-electron chi connectivity index (χ2n) is 3.10. The van der Waals surface area contributed by atoms with E-state index in [0.717, 1.165) is 19.5 Å². The summed E-state index contributed by atoms with van der Waals surface area (Å²) in [6.07, 6.45) is 0.947. The average molecular weight is 142 g/mol. The zero-order valence-electron chi connectivity index (χ0n) is 6.26. The van der Waals surface area contributed by atoms with Gasteiger partial charge in [-0.25, -0.2) is 0 Å². The quantitative estimate of drug-likeness (QED) is 0.529. The summed E-state index contributed by atoms with van der Waals surface area (Å²) in [5, 5.41) is 3.17. The van der Waals surface area contributed by atoms with E-state index in [4.69, 9.17) is 5.73 Å². The molecule has 0 spiro atoms. The number of amides is 1. The highest BCUT2D eigenvalue weighted by molar-refractivity contribution is 5.76. The van der Waals surface area contributed by atoms with Crippen molar-refractivity contribution in [3.05, 3.63) is 0 Å². The summed E-state index contributed by atoms with van der Waals surface area (Å²) >= 11 is 0. The van der Waals surface area contributed by atoms with Crippen LogP contribution in [-0.2, 0) is 4.79 Å². The van der Waals surface area contributed by atoms with Gasteiger partial charge in [0.2, 0.25) is 5.91 Å². The topological polar surface area (TPSA) is 55.1 Å². The summed E-state index contributed by atoms with van der Waals surface area (Å²) in [5.41, 5.74) is 5.15. The maximum atomic E-state index is 10.7. The summed E-state index contributed by atoms with van der Waals surface area (Å²) in [4.78, 5) is 10.7. The van der Waals surface area contributed by atoms with E-state index in [1.54, 1.807) is 0 Å². The van der Waals surface area contributed by atoms with E-state index in [2.05, 4.69) is 12.2 Å². The number of carbonyl (C=O) groups is 1.